The average molecular weight is 205 g/mol. The number of nitrogens with one attached hydrogen (secondary N) is 1. The summed E-state index contributed by atoms with van der Waals surface area (Å²) in [4.78, 5) is 0. The van der Waals surface area contributed by atoms with Crippen LogP contribution in [0.5, 0.6) is 0 Å². The van der Waals surface area contributed by atoms with Crippen LogP contribution in [0.2, 0.25) is 0 Å². The highest BCUT2D eigenvalue weighted by atomic mass is 14.8. The summed E-state index contributed by atoms with van der Waals surface area (Å²) >= 11 is 0. The minimum Gasteiger partial charge on any atom is -0.319 e. The molecule has 84 valence electrons. The molecule has 0 saturated heterocycles. The minimum absolute atomic E-state index is 0.647. The van der Waals surface area contributed by atoms with Gasteiger partial charge in [-0.15, -0.1) is 0 Å². The number of benzene rings is 1. The van der Waals surface area contributed by atoms with Gasteiger partial charge in [0.2, 0.25) is 0 Å². The largest absolute Gasteiger partial charge is 0.319 e. The van der Waals surface area contributed by atoms with Crippen LogP contribution in [0.3, 0.4) is 0 Å². The summed E-state index contributed by atoms with van der Waals surface area (Å²) in [6.07, 6.45) is 1.20. The van der Waals surface area contributed by atoms with E-state index in [0.29, 0.717) is 5.92 Å². The van der Waals surface area contributed by atoms with Crippen molar-refractivity contribution in [3.8, 4) is 0 Å². The normalized spacial score (nSPS) is 12.9. The van der Waals surface area contributed by atoms with Gasteiger partial charge in [0, 0.05) is 6.54 Å². The van der Waals surface area contributed by atoms with Crippen LogP contribution in [0.25, 0.3) is 0 Å². The fourth-order valence-corrected chi connectivity index (χ4v) is 2.14. The van der Waals surface area contributed by atoms with Crippen molar-refractivity contribution < 1.29 is 0 Å². The lowest BCUT2D eigenvalue weighted by Gasteiger charge is -2.19. The molecule has 0 aliphatic carbocycles. The monoisotopic (exact) mass is 205 g/mol. The zero-order valence-electron chi connectivity index (χ0n) is 10.6. The van der Waals surface area contributed by atoms with Crippen molar-refractivity contribution >= 4 is 0 Å². The van der Waals surface area contributed by atoms with E-state index in [2.05, 4.69) is 45.1 Å². The Balaban J connectivity index is 3.07. The van der Waals surface area contributed by atoms with E-state index in [1.165, 1.54) is 28.7 Å². The Morgan fingerprint density at radius 3 is 2.33 bits per heavy atom. The summed E-state index contributed by atoms with van der Waals surface area (Å²) in [5.41, 5.74) is 5.82. The van der Waals surface area contributed by atoms with E-state index in [1.807, 2.05) is 7.05 Å². The second-order valence-corrected chi connectivity index (χ2v) is 4.38. The highest BCUT2D eigenvalue weighted by molar-refractivity contribution is 5.40. The van der Waals surface area contributed by atoms with Gasteiger partial charge in [0.05, 0.1) is 0 Å². The number of aryl methyl sites for hydroxylation is 1. The van der Waals surface area contributed by atoms with Crippen molar-refractivity contribution in [1.82, 2.24) is 5.32 Å². The first-order chi connectivity index (χ1) is 7.11. The zero-order chi connectivity index (χ0) is 11.4. The first kappa shape index (κ1) is 12.3. The molecule has 0 aliphatic heterocycles. The van der Waals surface area contributed by atoms with Gasteiger partial charge in [-0.2, -0.15) is 0 Å². The molecule has 0 aromatic heterocycles. The quantitative estimate of drug-likeness (QED) is 0.795. The molecule has 1 aromatic carbocycles. The van der Waals surface area contributed by atoms with E-state index in [4.69, 9.17) is 0 Å². The molecule has 0 fully saturated rings. The van der Waals surface area contributed by atoms with Crippen LogP contribution < -0.4 is 5.32 Å². The zero-order valence-corrected chi connectivity index (χ0v) is 10.6. The maximum Gasteiger partial charge on any atom is 0.00171 e. The molecule has 1 heteroatoms. The third kappa shape index (κ3) is 2.60. The third-order valence-corrected chi connectivity index (χ3v) is 3.48. The van der Waals surface area contributed by atoms with E-state index in [-0.39, 0.29) is 0 Å². The van der Waals surface area contributed by atoms with Crippen LogP contribution in [0, 0.1) is 20.8 Å². The molecular formula is C14H23N. The van der Waals surface area contributed by atoms with E-state index in [1.54, 1.807) is 0 Å². The standard InChI is InChI=1S/C14H23N/c1-6-13(9-15-5)14-8-7-10(2)11(3)12(14)4/h7-8,13,15H,6,9H2,1-5H3. The smallest absolute Gasteiger partial charge is 0.00171 e. The van der Waals surface area contributed by atoms with Crippen molar-refractivity contribution in [2.45, 2.75) is 40.0 Å². The fourth-order valence-electron chi connectivity index (χ4n) is 2.14. The molecule has 0 heterocycles. The van der Waals surface area contributed by atoms with Gasteiger partial charge < -0.3 is 5.32 Å². The molecule has 1 aromatic rings. The summed E-state index contributed by atoms with van der Waals surface area (Å²) in [5, 5.41) is 3.28. The maximum absolute atomic E-state index is 3.28. The number of rotatable bonds is 4. The van der Waals surface area contributed by atoms with Crippen LogP contribution in [0.4, 0.5) is 0 Å². The van der Waals surface area contributed by atoms with Crippen molar-refractivity contribution in [2.75, 3.05) is 13.6 Å². The van der Waals surface area contributed by atoms with Crippen LogP contribution in [-0.2, 0) is 0 Å². The van der Waals surface area contributed by atoms with Gasteiger partial charge in [-0.05, 0) is 62.4 Å². The second kappa shape index (κ2) is 5.32. The molecule has 0 saturated carbocycles. The van der Waals surface area contributed by atoms with Crippen LogP contribution in [-0.4, -0.2) is 13.6 Å². The molecule has 0 amide bonds. The summed E-state index contributed by atoms with van der Waals surface area (Å²) < 4.78 is 0. The SMILES string of the molecule is CCC(CNC)c1ccc(C)c(C)c1C. The predicted octanol–water partition coefficient (Wildman–Crippen LogP) is 3.32. The Morgan fingerprint density at radius 1 is 1.13 bits per heavy atom. The molecule has 0 radical (unpaired) electrons. The summed E-state index contributed by atoms with van der Waals surface area (Å²) in [5.74, 6) is 0.647. The molecule has 0 bridgehead atoms. The van der Waals surface area contributed by atoms with Crippen LogP contribution >= 0.6 is 0 Å². The van der Waals surface area contributed by atoms with Gasteiger partial charge in [0.25, 0.3) is 0 Å². The molecule has 0 spiro atoms. The van der Waals surface area contributed by atoms with Crippen molar-refractivity contribution in [2.24, 2.45) is 0 Å². The first-order valence-electron chi connectivity index (χ1n) is 5.83. The fraction of sp³-hybridized carbons (Fsp3) is 0.571. The van der Waals surface area contributed by atoms with Gasteiger partial charge in [-0.3, -0.25) is 0 Å². The number of hydrogen-bond acceptors (Lipinski definition) is 1. The summed E-state index contributed by atoms with van der Waals surface area (Å²) in [7, 11) is 2.03. The molecule has 1 unspecified atom stereocenters. The Morgan fingerprint density at radius 2 is 1.80 bits per heavy atom. The molecule has 0 aliphatic rings. The molecular weight excluding hydrogens is 182 g/mol. The average Bonchev–Trinajstić information content (AvgIpc) is 2.24. The van der Waals surface area contributed by atoms with E-state index in [0.717, 1.165) is 6.54 Å². The summed E-state index contributed by atoms with van der Waals surface area (Å²) in [6, 6.07) is 4.54. The topological polar surface area (TPSA) is 12.0 Å². The lowest BCUT2D eigenvalue weighted by atomic mass is 9.88. The van der Waals surface area contributed by atoms with Gasteiger partial charge in [0.15, 0.2) is 0 Å². The van der Waals surface area contributed by atoms with E-state index in [9.17, 15) is 0 Å². The summed E-state index contributed by atoms with van der Waals surface area (Å²) in [6.45, 7) is 9.98. The Bertz CT molecular complexity index is 328. The van der Waals surface area contributed by atoms with E-state index >= 15 is 0 Å². The Kier molecular flexibility index (Phi) is 4.34. The highest BCUT2D eigenvalue weighted by Gasteiger charge is 2.12. The minimum atomic E-state index is 0.647. The van der Waals surface area contributed by atoms with Gasteiger partial charge in [0.1, 0.15) is 0 Å². The molecule has 1 N–H and O–H groups in total. The van der Waals surface area contributed by atoms with Crippen molar-refractivity contribution in [3.63, 3.8) is 0 Å². The second-order valence-electron chi connectivity index (χ2n) is 4.38. The lowest BCUT2D eigenvalue weighted by molar-refractivity contribution is 0.608. The van der Waals surface area contributed by atoms with Gasteiger partial charge in [-0.25, -0.2) is 0 Å². The van der Waals surface area contributed by atoms with Crippen molar-refractivity contribution in [3.05, 3.63) is 34.4 Å². The highest BCUT2D eigenvalue weighted by Crippen LogP contribution is 2.26. The molecule has 1 rings (SSSR count). The molecule has 15 heavy (non-hydrogen) atoms. The van der Waals surface area contributed by atoms with Gasteiger partial charge in [-0.1, -0.05) is 19.1 Å². The van der Waals surface area contributed by atoms with Crippen LogP contribution in [0.15, 0.2) is 12.1 Å². The predicted molar refractivity (Wildman–Crippen MR) is 67.6 cm³/mol. The Hall–Kier alpha value is -0.820. The molecule has 1 atom stereocenters. The lowest BCUT2D eigenvalue weighted by Crippen LogP contribution is -2.17. The number of likely N-dealkylation sites (N-methyl/N-ethyl adjacent to an activating group) is 1. The Labute approximate surface area is 93.9 Å². The molecule has 1 nitrogen and oxygen atoms in total. The van der Waals surface area contributed by atoms with Crippen molar-refractivity contribution in [1.29, 1.82) is 0 Å². The number of hydrogen-bond donors (Lipinski definition) is 1. The first-order valence-corrected chi connectivity index (χ1v) is 5.83. The van der Waals surface area contributed by atoms with Gasteiger partial charge >= 0.3 is 0 Å². The van der Waals surface area contributed by atoms with E-state index < -0.39 is 0 Å². The maximum atomic E-state index is 3.28. The third-order valence-electron chi connectivity index (χ3n) is 3.48. The van der Waals surface area contributed by atoms with Crippen LogP contribution in [0.1, 0.15) is 41.5 Å².